The van der Waals surface area contributed by atoms with Gasteiger partial charge in [-0.25, -0.2) is 19.6 Å². The Balaban J connectivity index is 2.27. The van der Waals surface area contributed by atoms with E-state index in [1.165, 1.54) is 29.7 Å². The SMILES string of the molecule is CCOC(=O)c1csc([C@@H](NC(=O)c2nc([C@H](CC(=O)NC)NC(=O)OC(C)(C)C)sc2C)C(C)C)n1. The summed E-state index contributed by atoms with van der Waals surface area (Å²) in [7, 11) is 1.50. The van der Waals surface area contributed by atoms with E-state index >= 15 is 0 Å². The minimum Gasteiger partial charge on any atom is -0.461 e. The lowest BCUT2D eigenvalue weighted by atomic mass is 10.0. The summed E-state index contributed by atoms with van der Waals surface area (Å²) in [5.74, 6) is -1.28. The molecule has 0 saturated heterocycles. The molecule has 13 heteroatoms. The van der Waals surface area contributed by atoms with Crippen molar-refractivity contribution in [3.8, 4) is 0 Å². The monoisotopic (exact) mass is 553 g/mol. The average Bonchev–Trinajstić information content (AvgIpc) is 3.42. The van der Waals surface area contributed by atoms with Gasteiger partial charge in [0, 0.05) is 17.3 Å². The number of carbonyl (C=O) groups is 4. The fourth-order valence-corrected chi connectivity index (χ4v) is 5.15. The van der Waals surface area contributed by atoms with Crippen molar-refractivity contribution >= 4 is 46.6 Å². The molecular formula is C24H35N5O6S2. The Morgan fingerprint density at radius 2 is 1.76 bits per heavy atom. The summed E-state index contributed by atoms with van der Waals surface area (Å²) < 4.78 is 10.3. The van der Waals surface area contributed by atoms with E-state index in [2.05, 4.69) is 25.9 Å². The number of amides is 3. The molecule has 2 aromatic rings. The maximum absolute atomic E-state index is 13.2. The molecule has 204 valence electrons. The highest BCUT2D eigenvalue weighted by molar-refractivity contribution is 7.12. The van der Waals surface area contributed by atoms with Crippen LogP contribution >= 0.6 is 22.7 Å². The molecule has 0 radical (unpaired) electrons. The molecule has 11 nitrogen and oxygen atoms in total. The second-order valence-corrected chi connectivity index (χ2v) is 11.6. The van der Waals surface area contributed by atoms with E-state index in [1.54, 1.807) is 40.0 Å². The molecule has 0 aromatic carbocycles. The van der Waals surface area contributed by atoms with Crippen molar-refractivity contribution in [3.05, 3.63) is 31.7 Å². The number of aromatic nitrogens is 2. The maximum atomic E-state index is 13.2. The van der Waals surface area contributed by atoms with Crippen LogP contribution < -0.4 is 16.0 Å². The number of aryl methyl sites for hydroxylation is 1. The molecule has 2 heterocycles. The van der Waals surface area contributed by atoms with Crippen molar-refractivity contribution in [3.63, 3.8) is 0 Å². The number of hydrogen-bond donors (Lipinski definition) is 3. The van der Waals surface area contributed by atoms with E-state index in [9.17, 15) is 19.2 Å². The third kappa shape index (κ3) is 8.78. The van der Waals surface area contributed by atoms with Gasteiger partial charge in [-0.1, -0.05) is 13.8 Å². The Kier molecular flexibility index (Phi) is 10.6. The topological polar surface area (TPSA) is 149 Å². The number of alkyl carbamates (subject to hydrolysis) is 1. The summed E-state index contributed by atoms with van der Waals surface area (Å²) in [6.07, 6.45) is -0.769. The molecular weight excluding hydrogens is 518 g/mol. The molecule has 0 aliphatic heterocycles. The molecule has 3 amide bonds. The van der Waals surface area contributed by atoms with Crippen molar-refractivity contribution < 1.29 is 28.7 Å². The minimum absolute atomic E-state index is 0.0293. The standard InChI is InChI=1S/C24H35N5O6S2/c1-9-34-22(32)15-11-36-21(26-15)17(12(2)3)28-19(31)18-13(4)37-20(29-18)14(10-16(30)25-8)27-23(33)35-24(5,6)7/h11-12,14,17H,9-10H2,1-8H3,(H,25,30)(H,27,33)(H,28,31)/t14-,17-/m0/s1. The number of hydrogen-bond acceptors (Lipinski definition) is 10. The molecule has 2 aromatic heterocycles. The van der Waals surface area contributed by atoms with Crippen LogP contribution in [0.2, 0.25) is 0 Å². The van der Waals surface area contributed by atoms with Gasteiger partial charge in [0.25, 0.3) is 5.91 Å². The van der Waals surface area contributed by atoms with Gasteiger partial charge >= 0.3 is 12.1 Å². The van der Waals surface area contributed by atoms with E-state index in [4.69, 9.17) is 9.47 Å². The molecule has 0 fully saturated rings. The lowest BCUT2D eigenvalue weighted by molar-refractivity contribution is -0.121. The average molecular weight is 554 g/mol. The van der Waals surface area contributed by atoms with Crippen LogP contribution in [-0.2, 0) is 14.3 Å². The van der Waals surface area contributed by atoms with Gasteiger partial charge < -0.3 is 25.4 Å². The maximum Gasteiger partial charge on any atom is 0.408 e. The number of nitrogens with zero attached hydrogens (tertiary/aromatic N) is 2. The molecule has 0 unspecified atom stereocenters. The zero-order valence-corrected chi connectivity index (χ0v) is 24.0. The van der Waals surface area contributed by atoms with Crippen LogP contribution in [0.15, 0.2) is 5.38 Å². The number of nitrogens with one attached hydrogen (secondary N) is 3. The Labute approximate surface area is 224 Å². The fourth-order valence-electron chi connectivity index (χ4n) is 3.17. The van der Waals surface area contributed by atoms with Crippen LogP contribution in [0, 0.1) is 12.8 Å². The van der Waals surface area contributed by atoms with E-state index in [0.717, 1.165) is 0 Å². The molecule has 0 bridgehead atoms. The minimum atomic E-state index is -0.785. The summed E-state index contributed by atoms with van der Waals surface area (Å²) in [5, 5.41) is 10.8. The number of thiazole rings is 2. The van der Waals surface area contributed by atoms with E-state index in [1.807, 2.05) is 13.8 Å². The zero-order chi connectivity index (χ0) is 27.9. The van der Waals surface area contributed by atoms with E-state index in [0.29, 0.717) is 14.9 Å². The first-order valence-corrected chi connectivity index (χ1v) is 13.6. The Hall–Kier alpha value is -3.06. The highest BCUT2D eigenvalue weighted by Crippen LogP contribution is 2.29. The molecule has 37 heavy (non-hydrogen) atoms. The first-order valence-electron chi connectivity index (χ1n) is 11.9. The summed E-state index contributed by atoms with van der Waals surface area (Å²) in [6.45, 7) is 12.8. The number of esters is 1. The van der Waals surface area contributed by atoms with Gasteiger partial charge in [-0.05, 0) is 40.5 Å². The van der Waals surface area contributed by atoms with Gasteiger partial charge in [0.2, 0.25) is 5.91 Å². The first-order chi connectivity index (χ1) is 17.2. The molecule has 0 spiro atoms. The Morgan fingerprint density at radius 1 is 1.08 bits per heavy atom. The van der Waals surface area contributed by atoms with Crippen LogP contribution in [0.1, 0.15) is 95.9 Å². The summed E-state index contributed by atoms with van der Waals surface area (Å²) in [5.41, 5.74) is -0.347. The van der Waals surface area contributed by atoms with Crippen molar-refractivity contribution in [2.75, 3.05) is 13.7 Å². The van der Waals surface area contributed by atoms with Crippen molar-refractivity contribution in [1.82, 2.24) is 25.9 Å². The molecule has 2 rings (SSSR count). The summed E-state index contributed by atoms with van der Waals surface area (Å²) in [6, 6.07) is -1.25. The van der Waals surface area contributed by atoms with Gasteiger partial charge in [-0.15, -0.1) is 22.7 Å². The number of carbonyl (C=O) groups excluding carboxylic acids is 4. The Morgan fingerprint density at radius 3 is 2.32 bits per heavy atom. The quantitative estimate of drug-likeness (QED) is 0.375. The van der Waals surface area contributed by atoms with Gasteiger partial charge in [0.1, 0.15) is 21.3 Å². The van der Waals surface area contributed by atoms with Gasteiger partial charge in [-0.3, -0.25) is 9.59 Å². The van der Waals surface area contributed by atoms with Gasteiger partial charge in [-0.2, -0.15) is 0 Å². The Bertz CT molecular complexity index is 1120. The van der Waals surface area contributed by atoms with Gasteiger partial charge in [0.05, 0.1) is 25.1 Å². The van der Waals surface area contributed by atoms with E-state index in [-0.39, 0.29) is 36.2 Å². The number of ether oxygens (including phenoxy) is 2. The summed E-state index contributed by atoms with van der Waals surface area (Å²) >= 11 is 2.47. The molecule has 0 aliphatic carbocycles. The third-order valence-corrected chi connectivity index (χ3v) is 6.92. The van der Waals surface area contributed by atoms with Crippen molar-refractivity contribution in [2.24, 2.45) is 5.92 Å². The summed E-state index contributed by atoms with van der Waals surface area (Å²) in [4.78, 5) is 59.2. The lowest BCUT2D eigenvalue weighted by Crippen LogP contribution is -2.37. The fraction of sp³-hybridized carbons (Fsp3) is 0.583. The molecule has 2 atom stereocenters. The third-order valence-electron chi connectivity index (χ3n) is 4.91. The second kappa shape index (κ2) is 13.0. The normalized spacial score (nSPS) is 13.0. The predicted molar refractivity (Wildman–Crippen MR) is 141 cm³/mol. The molecule has 0 saturated carbocycles. The largest absolute Gasteiger partial charge is 0.461 e. The first kappa shape index (κ1) is 30.2. The lowest BCUT2D eigenvalue weighted by Gasteiger charge is -2.22. The molecule has 3 N–H and O–H groups in total. The van der Waals surface area contributed by atoms with Crippen LogP contribution in [0.5, 0.6) is 0 Å². The van der Waals surface area contributed by atoms with Crippen LogP contribution in [0.25, 0.3) is 0 Å². The van der Waals surface area contributed by atoms with Gasteiger partial charge in [0.15, 0.2) is 5.69 Å². The zero-order valence-electron chi connectivity index (χ0n) is 22.4. The van der Waals surface area contributed by atoms with Crippen LogP contribution in [0.4, 0.5) is 4.79 Å². The molecule has 0 aliphatic rings. The van der Waals surface area contributed by atoms with Crippen LogP contribution in [-0.4, -0.2) is 53.1 Å². The number of rotatable bonds is 10. The highest BCUT2D eigenvalue weighted by Gasteiger charge is 2.29. The predicted octanol–water partition coefficient (Wildman–Crippen LogP) is 3.91. The van der Waals surface area contributed by atoms with Crippen molar-refractivity contribution in [2.45, 2.75) is 72.6 Å². The van der Waals surface area contributed by atoms with Crippen LogP contribution in [0.3, 0.4) is 0 Å². The van der Waals surface area contributed by atoms with E-state index < -0.39 is 35.7 Å². The second-order valence-electron chi connectivity index (χ2n) is 9.52. The smallest absolute Gasteiger partial charge is 0.408 e. The van der Waals surface area contributed by atoms with Crippen molar-refractivity contribution in [1.29, 1.82) is 0 Å². The highest BCUT2D eigenvalue weighted by atomic mass is 32.1.